The summed E-state index contributed by atoms with van der Waals surface area (Å²) in [6.07, 6.45) is 13.3. The number of carbonyl (C=O) groups is 2. The summed E-state index contributed by atoms with van der Waals surface area (Å²) in [5.74, 6) is -1.85. The van der Waals surface area contributed by atoms with Gasteiger partial charge in [-0.15, -0.1) is 23.2 Å². The summed E-state index contributed by atoms with van der Waals surface area (Å²) in [7, 11) is 0. The maximum Gasteiger partial charge on any atom is 0.306 e. The lowest BCUT2D eigenvalue weighted by Crippen LogP contribution is -2.53. The van der Waals surface area contributed by atoms with E-state index in [9.17, 15) is 9.59 Å². The zero-order valence-corrected chi connectivity index (χ0v) is 31.2. The molecule has 0 amide bonds. The van der Waals surface area contributed by atoms with Gasteiger partial charge in [-0.3, -0.25) is 9.59 Å². The second kappa shape index (κ2) is 25.9. The minimum atomic E-state index is -1.000. The van der Waals surface area contributed by atoms with Gasteiger partial charge in [-0.1, -0.05) is 50.0 Å². The third kappa shape index (κ3) is 19.3. The van der Waals surface area contributed by atoms with Crippen LogP contribution in [0.5, 0.6) is 0 Å². The maximum atomic E-state index is 11.8. The lowest BCUT2D eigenvalue weighted by molar-refractivity contribution is -0.376. The highest BCUT2D eigenvalue weighted by atomic mass is 35.5. The first kappa shape index (κ1) is 43.9. The number of allylic oxidation sites excluding steroid dienone is 4. The van der Waals surface area contributed by atoms with Gasteiger partial charge in [0.2, 0.25) is 0 Å². The van der Waals surface area contributed by atoms with Crippen LogP contribution >= 0.6 is 23.2 Å². The number of carbonyl (C=O) groups excluding carboxylic acids is 2. The first-order chi connectivity index (χ1) is 21.4. The minimum Gasteiger partial charge on any atom is -0.466 e. The molecule has 7 nitrogen and oxygen atoms in total. The molecule has 264 valence electrons. The van der Waals surface area contributed by atoms with Crippen molar-refractivity contribution in [2.75, 3.05) is 38.2 Å². The normalized spacial score (nSPS) is 16.5. The van der Waals surface area contributed by atoms with Crippen molar-refractivity contribution in [3.8, 4) is 0 Å². The first-order valence-corrected chi connectivity index (χ1v) is 18.2. The summed E-state index contributed by atoms with van der Waals surface area (Å²) in [6, 6.07) is 0. The van der Waals surface area contributed by atoms with Crippen molar-refractivity contribution in [2.45, 2.75) is 144 Å². The van der Waals surface area contributed by atoms with Gasteiger partial charge >= 0.3 is 11.9 Å². The number of halogens is 2. The number of rotatable bonds is 28. The molecule has 0 heterocycles. The number of ether oxygens (including phenoxy) is 5. The zero-order valence-electron chi connectivity index (χ0n) is 29.7. The molecule has 0 aliphatic rings. The molecule has 0 aromatic heterocycles. The molecule has 0 aromatic carbocycles. The van der Waals surface area contributed by atoms with Crippen LogP contribution in [0.1, 0.15) is 132 Å². The highest BCUT2D eigenvalue weighted by Crippen LogP contribution is 2.39. The Morgan fingerprint density at radius 1 is 0.667 bits per heavy atom. The van der Waals surface area contributed by atoms with Crippen molar-refractivity contribution in [1.82, 2.24) is 0 Å². The Kier molecular flexibility index (Phi) is 25.3. The Balaban J connectivity index is 5.89. The van der Waals surface area contributed by atoms with Crippen LogP contribution in [0.4, 0.5) is 0 Å². The van der Waals surface area contributed by atoms with E-state index >= 15 is 0 Å². The van der Waals surface area contributed by atoms with E-state index in [1.807, 2.05) is 41.5 Å². The van der Waals surface area contributed by atoms with Gasteiger partial charge in [-0.25, -0.2) is 0 Å². The van der Waals surface area contributed by atoms with Crippen molar-refractivity contribution < 1.29 is 33.3 Å². The third-order valence-corrected chi connectivity index (χ3v) is 8.85. The molecule has 0 rings (SSSR count). The largest absolute Gasteiger partial charge is 0.466 e. The van der Waals surface area contributed by atoms with E-state index in [0.717, 1.165) is 62.5 Å². The first-order valence-electron chi connectivity index (χ1n) is 17.2. The Morgan fingerprint density at radius 2 is 1.04 bits per heavy atom. The molecule has 9 heteroatoms. The predicted molar refractivity (Wildman–Crippen MR) is 186 cm³/mol. The number of hydrogen-bond acceptors (Lipinski definition) is 7. The Labute approximate surface area is 285 Å². The minimum absolute atomic E-state index is 0.111. The molecular formula is C36H64Cl2O7. The van der Waals surface area contributed by atoms with Gasteiger partial charge in [0.1, 0.15) is 0 Å². The molecule has 45 heavy (non-hydrogen) atoms. The molecule has 0 aliphatic heterocycles. The van der Waals surface area contributed by atoms with Gasteiger partial charge in [0.15, 0.2) is 11.6 Å². The summed E-state index contributed by atoms with van der Waals surface area (Å²) < 4.78 is 30.2. The van der Waals surface area contributed by atoms with Crippen LogP contribution < -0.4 is 0 Å². The highest BCUT2D eigenvalue weighted by Gasteiger charge is 2.46. The van der Waals surface area contributed by atoms with Crippen LogP contribution in [-0.4, -0.2) is 61.7 Å². The van der Waals surface area contributed by atoms with E-state index in [2.05, 4.69) is 26.0 Å². The lowest BCUT2D eigenvalue weighted by Gasteiger charge is -2.46. The molecule has 0 radical (unpaired) electrons. The average Bonchev–Trinajstić information content (AvgIpc) is 2.99. The van der Waals surface area contributed by atoms with E-state index in [0.29, 0.717) is 63.9 Å². The van der Waals surface area contributed by atoms with Gasteiger partial charge in [-0.05, 0) is 92.9 Å². The fourth-order valence-electron chi connectivity index (χ4n) is 4.99. The van der Waals surface area contributed by atoms with Gasteiger partial charge in [0, 0.05) is 36.4 Å². The van der Waals surface area contributed by atoms with Crippen LogP contribution in [0, 0.1) is 11.8 Å². The fourth-order valence-corrected chi connectivity index (χ4v) is 5.86. The van der Waals surface area contributed by atoms with E-state index in [1.165, 1.54) is 0 Å². The van der Waals surface area contributed by atoms with Crippen molar-refractivity contribution in [1.29, 1.82) is 0 Å². The smallest absolute Gasteiger partial charge is 0.306 e. The molecule has 0 fully saturated rings. The highest BCUT2D eigenvalue weighted by molar-refractivity contribution is 6.18. The van der Waals surface area contributed by atoms with Gasteiger partial charge in [0.25, 0.3) is 0 Å². The van der Waals surface area contributed by atoms with Crippen LogP contribution in [0.3, 0.4) is 0 Å². The predicted octanol–water partition coefficient (Wildman–Crippen LogP) is 9.92. The molecule has 0 saturated carbocycles. The summed E-state index contributed by atoms with van der Waals surface area (Å²) in [5.41, 5.74) is 2.29. The number of unbranched alkanes of at least 4 members (excludes halogenated alkanes) is 2. The van der Waals surface area contributed by atoms with Crippen LogP contribution in [0.15, 0.2) is 23.3 Å². The van der Waals surface area contributed by atoms with E-state index < -0.39 is 11.6 Å². The number of alkyl halides is 2. The van der Waals surface area contributed by atoms with Gasteiger partial charge in [0.05, 0.1) is 26.4 Å². The molecule has 4 atom stereocenters. The Morgan fingerprint density at radius 3 is 1.36 bits per heavy atom. The zero-order chi connectivity index (χ0) is 34.1. The average molecular weight is 680 g/mol. The fraction of sp³-hybridized carbons (Fsp3) is 0.833. The molecule has 0 spiro atoms. The van der Waals surface area contributed by atoms with E-state index in [4.69, 9.17) is 46.9 Å². The third-order valence-electron chi connectivity index (χ3n) is 8.11. The van der Waals surface area contributed by atoms with Crippen LogP contribution in [0.2, 0.25) is 0 Å². The molecular weight excluding hydrogens is 615 g/mol. The van der Waals surface area contributed by atoms with Crippen molar-refractivity contribution in [3.05, 3.63) is 23.3 Å². The second-order valence-electron chi connectivity index (χ2n) is 12.1. The summed E-state index contributed by atoms with van der Waals surface area (Å²) in [6.45, 7) is 17.8. The maximum absolute atomic E-state index is 11.8. The monoisotopic (exact) mass is 678 g/mol. The standard InChI is InChI=1S/C36H64Cl2O7/c1-9-13-25-43-35(7,31(27-37)19-15-17-29(5)21-23-33(39)41-11-3)45-36(8,44-26-14-10-2)32(28-38)20-16-18-30(6)22-24-34(40)42-12-4/h17-18,31-32H,9-16,19-28H2,1-8H3. The molecule has 0 saturated heterocycles. The molecule has 4 unspecified atom stereocenters. The van der Waals surface area contributed by atoms with Crippen LogP contribution in [0.25, 0.3) is 0 Å². The van der Waals surface area contributed by atoms with Gasteiger partial charge < -0.3 is 23.7 Å². The summed E-state index contributed by atoms with van der Waals surface area (Å²) in [5, 5.41) is 0. The number of hydrogen-bond donors (Lipinski definition) is 0. The quantitative estimate of drug-likeness (QED) is 0.0268. The molecule has 0 N–H and O–H groups in total. The van der Waals surface area contributed by atoms with Gasteiger partial charge in [-0.2, -0.15) is 0 Å². The second-order valence-corrected chi connectivity index (χ2v) is 12.7. The SMILES string of the molecule is CCCCOC(C)(OC(C)(OCCCC)C(CCl)CCC=C(C)CCC(=O)OCC)C(CCl)CCC=C(C)CCC(=O)OCC. The summed E-state index contributed by atoms with van der Waals surface area (Å²) in [4.78, 5) is 23.5. The van der Waals surface area contributed by atoms with E-state index in [-0.39, 0.29) is 23.8 Å². The molecule has 0 aliphatic carbocycles. The van der Waals surface area contributed by atoms with E-state index in [1.54, 1.807) is 0 Å². The molecule has 0 bridgehead atoms. The summed E-state index contributed by atoms with van der Waals surface area (Å²) >= 11 is 13.3. The molecule has 0 aromatic rings. The topological polar surface area (TPSA) is 80.3 Å². The Hall–Kier alpha value is -1.12. The van der Waals surface area contributed by atoms with Crippen LogP contribution in [-0.2, 0) is 33.3 Å². The van der Waals surface area contributed by atoms with Crippen molar-refractivity contribution in [3.63, 3.8) is 0 Å². The lowest BCUT2D eigenvalue weighted by atomic mass is 9.91. The number of esters is 2. The van der Waals surface area contributed by atoms with Crippen molar-refractivity contribution in [2.24, 2.45) is 11.8 Å². The Bertz CT molecular complexity index is 794. The van der Waals surface area contributed by atoms with Crippen molar-refractivity contribution >= 4 is 35.1 Å².